The van der Waals surface area contributed by atoms with E-state index in [1.165, 1.54) is 0 Å². The van der Waals surface area contributed by atoms with Crippen molar-refractivity contribution >= 4 is 26.7 Å². The molecule has 0 atom stereocenters. The monoisotopic (exact) mass is 300 g/mol. The maximum absolute atomic E-state index is 11.8. The molecule has 4 heteroatoms. The van der Waals surface area contributed by atoms with Crippen molar-refractivity contribution in [3.8, 4) is 11.3 Å². The van der Waals surface area contributed by atoms with Crippen LogP contribution in [0.25, 0.3) is 22.0 Å². The Labute approximate surface area is 112 Å². The number of rotatable bonds is 1. The molecule has 2 aromatic carbocycles. The quantitative estimate of drug-likeness (QED) is 0.749. The lowest BCUT2D eigenvalue weighted by Crippen LogP contribution is -2.09. The van der Waals surface area contributed by atoms with Crippen molar-refractivity contribution < 1.29 is 0 Å². The predicted octanol–water partition coefficient (Wildman–Crippen LogP) is 3.35. The van der Waals surface area contributed by atoms with Crippen molar-refractivity contribution in [3.05, 3.63) is 63.4 Å². The number of benzene rings is 2. The van der Waals surface area contributed by atoms with Crippen LogP contribution in [0.5, 0.6) is 0 Å². The fourth-order valence-corrected chi connectivity index (χ4v) is 2.54. The van der Waals surface area contributed by atoms with E-state index in [-0.39, 0.29) is 5.56 Å². The van der Waals surface area contributed by atoms with Crippen molar-refractivity contribution in [3.63, 3.8) is 0 Å². The van der Waals surface area contributed by atoms with E-state index in [4.69, 9.17) is 0 Å². The van der Waals surface area contributed by atoms with Gasteiger partial charge in [-0.2, -0.15) is 5.10 Å². The molecule has 3 nitrogen and oxygen atoms in total. The van der Waals surface area contributed by atoms with Crippen LogP contribution in [-0.4, -0.2) is 10.2 Å². The Morgan fingerprint density at radius 1 is 1.00 bits per heavy atom. The number of aromatic amines is 1. The molecule has 0 radical (unpaired) electrons. The molecule has 0 aliphatic heterocycles. The van der Waals surface area contributed by atoms with E-state index in [2.05, 4.69) is 26.1 Å². The molecule has 1 N–H and O–H groups in total. The third-order valence-corrected chi connectivity index (χ3v) is 3.47. The maximum Gasteiger partial charge on any atom is 0.273 e. The highest BCUT2D eigenvalue weighted by molar-refractivity contribution is 9.10. The van der Waals surface area contributed by atoms with Gasteiger partial charge in [0.15, 0.2) is 0 Å². The van der Waals surface area contributed by atoms with E-state index in [9.17, 15) is 4.79 Å². The van der Waals surface area contributed by atoms with Crippen LogP contribution in [-0.2, 0) is 0 Å². The van der Waals surface area contributed by atoms with Gasteiger partial charge in [0, 0.05) is 15.4 Å². The number of hydrogen-bond donors (Lipinski definition) is 1. The molecule has 3 rings (SSSR count). The smallest absolute Gasteiger partial charge is 0.267 e. The van der Waals surface area contributed by atoms with E-state index in [1.54, 1.807) is 0 Å². The summed E-state index contributed by atoms with van der Waals surface area (Å²) in [5.74, 6) is 0. The lowest BCUT2D eigenvalue weighted by molar-refractivity contribution is 1.02. The third-order valence-electron chi connectivity index (χ3n) is 2.81. The highest BCUT2D eigenvalue weighted by atomic mass is 79.9. The molecular formula is C14H9BrN2O. The van der Waals surface area contributed by atoms with Gasteiger partial charge < -0.3 is 0 Å². The van der Waals surface area contributed by atoms with Crippen molar-refractivity contribution in [2.24, 2.45) is 0 Å². The maximum atomic E-state index is 11.8. The standard InChI is InChI=1S/C14H9BrN2O/c15-11-8-4-7-10-12(11)14(18)17-16-13(10)9-5-2-1-3-6-9/h1-8H,(H,17,18). The molecule has 0 unspecified atom stereocenters. The van der Waals surface area contributed by atoms with Gasteiger partial charge in [-0.15, -0.1) is 0 Å². The molecule has 1 aromatic heterocycles. The SMILES string of the molecule is O=c1[nH]nc(-c2ccccc2)c2cccc(Br)c12. The number of hydrogen-bond acceptors (Lipinski definition) is 2. The van der Waals surface area contributed by atoms with Crippen LogP contribution >= 0.6 is 15.9 Å². The summed E-state index contributed by atoms with van der Waals surface area (Å²) in [6.45, 7) is 0. The fraction of sp³-hybridized carbons (Fsp3) is 0. The van der Waals surface area contributed by atoms with Crippen LogP contribution in [0.15, 0.2) is 57.8 Å². The molecule has 0 saturated carbocycles. The molecule has 0 fully saturated rings. The Morgan fingerprint density at radius 2 is 1.78 bits per heavy atom. The summed E-state index contributed by atoms with van der Waals surface area (Å²) in [6.07, 6.45) is 0. The van der Waals surface area contributed by atoms with Crippen LogP contribution < -0.4 is 5.56 Å². The van der Waals surface area contributed by atoms with Crippen LogP contribution in [0.4, 0.5) is 0 Å². The average molecular weight is 301 g/mol. The highest BCUT2D eigenvalue weighted by Gasteiger charge is 2.10. The van der Waals surface area contributed by atoms with E-state index < -0.39 is 0 Å². The molecule has 0 aliphatic rings. The number of fused-ring (bicyclic) bond motifs is 1. The lowest BCUT2D eigenvalue weighted by Gasteiger charge is -2.05. The summed E-state index contributed by atoms with van der Waals surface area (Å²) in [5.41, 5.74) is 1.58. The van der Waals surface area contributed by atoms with Gasteiger partial charge in [0.1, 0.15) is 0 Å². The number of nitrogens with zero attached hydrogens (tertiary/aromatic N) is 1. The minimum absolute atomic E-state index is 0.183. The Bertz CT molecular complexity index is 766. The topological polar surface area (TPSA) is 45.8 Å². The van der Waals surface area contributed by atoms with Crippen LogP contribution in [0.2, 0.25) is 0 Å². The summed E-state index contributed by atoms with van der Waals surface area (Å²) >= 11 is 3.41. The van der Waals surface area contributed by atoms with E-state index in [0.717, 1.165) is 21.1 Å². The summed E-state index contributed by atoms with van der Waals surface area (Å²) in [6, 6.07) is 15.5. The molecule has 0 amide bonds. The highest BCUT2D eigenvalue weighted by Crippen LogP contribution is 2.27. The van der Waals surface area contributed by atoms with Gasteiger partial charge in [-0.3, -0.25) is 4.79 Å². The first-order valence-electron chi connectivity index (χ1n) is 5.50. The molecular weight excluding hydrogens is 292 g/mol. The van der Waals surface area contributed by atoms with Gasteiger partial charge in [0.2, 0.25) is 0 Å². The molecule has 0 saturated heterocycles. The van der Waals surface area contributed by atoms with Crippen LogP contribution in [0.3, 0.4) is 0 Å². The average Bonchev–Trinajstić information content (AvgIpc) is 2.40. The minimum Gasteiger partial charge on any atom is -0.267 e. The van der Waals surface area contributed by atoms with Gasteiger partial charge in [0.05, 0.1) is 11.1 Å². The largest absolute Gasteiger partial charge is 0.273 e. The summed E-state index contributed by atoms with van der Waals surface area (Å²) < 4.78 is 0.779. The number of halogens is 1. The van der Waals surface area contributed by atoms with Gasteiger partial charge >= 0.3 is 0 Å². The van der Waals surface area contributed by atoms with Gasteiger partial charge in [-0.1, -0.05) is 42.5 Å². The molecule has 88 valence electrons. The van der Waals surface area contributed by atoms with Crippen molar-refractivity contribution in [2.75, 3.05) is 0 Å². The van der Waals surface area contributed by atoms with E-state index >= 15 is 0 Å². The molecule has 0 bridgehead atoms. The molecule has 18 heavy (non-hydrogen) atoms. The molecule has 1 heterocycles. The molecule has 3 aromatic rings. The molecule has 0 spiro atoms. The van der Waals surface area contributed by atoms with E-state index in [1.807, 2.05) is 48.5 Å². The normalized spacial score (nSPS) is 10.7. The molecule has 0 aliphatic carbocycles. The predicted molar refractivity (Wildman–Crippen MR) is 75.5 cm³/mol. The zero-order chi connectivity index (χ0) is 12.5. The Hall–Kier alpha value is -1.94. The number of aromatic nitrogens is 2. The summed E-state index contributed by atoms with van der Waals surface area (Å²) in [4.78, 5) is 11.8. The second kappa shape index (κ2) is 4.38. The van der Waals surface area contributed by atoms with Gasteiger partial charge in [-0.25, -0.2) is 5.10 Å². The number of nitrogens with one attached hydrogen (secondary N) is 1. The van der Waals surface area contributed by atoms with Crippen molar-refractivity contribution in [2.45, 2.75) is 0 Å². The first-order valence-corrected chi connectivity index (χ1v) is 6.29. The first kappa shape index (κ1) is 11.2. The van der Waals surface area contributed by atoms with E-state index in [0.29, 0.717) is 5.39 Å². The van der Waals surface area contributed by atoms with Crippen molar-refractivity contribution in [1.82, 2.24) is 10.2 Å². The fourth-order valence-electron chi connectivity index (χ4n) is 1.99. The van der Waals surface area contributed by atoms with Crippen LogP contribution in [0, 0.1) is 0 Å². The van der Waals surface area contributed by atoms with Gasteiger partial charge in [0.25, 0.3) is 5.56 Å². The summed E-state index contributed by atoms with van der Waals surface area (Å²) in [7, 11) is 0. The van der Waals surface area contributed by atoms with Crippen LogP contribution in [0.1, 0.15) is 0 Å². The lowest BCUT2D eigenvalue weighted by atomic mass is 10.1. The Balaban J connectivity index is 2.43. The Kier molecular flexibility index (Phi) is 2.72. The Morgan fingerprint density at radius 3 is 2.56 bits per heavy atom. The second-order valence-corrected chi connectivity index (χ2v) is 4.78. The van der Waals surface area contributed by atoms with Crippen molar-refractivity contribution in [1.29, 1.82) is 0 Å². The zero-order valence-corrected chi connectivity index (χ0v) is 10.9. The zero-order valence-electron chi connectivity index (χ0n) is 9.35. The van der Waals surface area contributed by atoms with Gasteiger partial charge in [-0.05, 0) is 22.0 Å². The first-order chi connectivity index (χ1) is 8.77. The summed E-state index contributed by atoms with van der Waals surface area (Å²) in [5, 5.41) is 8.18. The number of H-pyrrole nitrogens is 1. The minimum atomic E-state index is -0.183. The third kappa shape index (κ3) is 1.75. The second-order valence-electron chi connectivity index (χ2n) is 3.93.